The minimum atomic E-state index is -3.26. The first-order chi connectivity index (χ1) is 9.05. The van der Waals surface area contributed by atoms with Crippen molar-refractivity contribution in [3.63, 3.8) is 0 Å². The molecule has 0 unspecified atom stereocenters. The standard InChI is InChI=1S/C14H22N2O2S.ClH/c15-12-14(9-4-5-10-14)16-19(17,18)11-8-13-6-2-1-3-7-13;/h1-3,6-7,16H,4-5,8-12,15H2;1H. The van der Waals surface area contributed by atoms with Crippen LogP contribution in [-0.2, 0) is 16.4 Å². The number of aryl methyl sites for hydroxylation is 1. The lowest BCUT2D eigenvalue weighted by Crippen LogP contribution is -2.52. The van der Waals surface area contributed by atoms with Gasteiger partial charge in [-0.2, -0.15) is 0 Å². The maximum absolute atomic E-state index is 12.2. The first-order valence-corrected chi connectivity index (χ1v) is 8.46. The molecule has 1 aromatic carbocycles. The van der Waals surface area contributed by atoms with Gasteiger partial charge in [0, 0.05) is 12.1 Å². The minimum absolute atomic E-state index is 0. The predicted molar refractivity (Wildman–Crippen MR) is 84.6 cm³/mol. The Morgan fingerprint density at radius 1 is 1.15 bits per heavy atom. The second kappa shape index (κ2) is 7.41. The summed E-state index contributed by atoms with van der Waals surface area (Å²) in [5.74, 6) is 0.124. The number of hydrogen-bond donors (Lipinski definition) is 2. The van der Waals surface area contributed by atoms with Gasteiger partial charge in [-0.1, -0.05) is 43.2 Å². The zero-order valence-electron chi connectivity index (χ0n) is 11.5. The summed E-state index contributed by atoms with van der Waals surface area (Å²) in [6, 6.07) is 9.67. The molecule has 1 saturated carbocycles. The Hall–Kier alpha value is -0.620. The van der Waals surface area contributed by atoms with E-state index in [2.05, 4.69) is 4.72 Å². The molecule has 0 heterocycles. The lowest BCUT2D eigenvalue weighted by molar-refractivity contribution is 0.399. The van der Waals surface area contributed by atoms with E-state index in [1.165, 1.54) is 0 Å². The molecule has 0 bridgehead atoms. The second-order valence-electron chi connectivity index (χ2n) is 5.35. The number of sulfonamides is 1. The molecular weight excluding hydrogens is 296 g/mol. The Kier molecular flexibility index (Phi) is 6.45. The second-order valence-corrected chi connectivity index (χ2v) is 7.19. The average Bonchev–Trinajstić information content (AvgIpc) is 2.86. The molecule has 1 aliphatic carbocycles. The van der Waals surface area contributed by atoms with Gasteiger partial charge in [0.2, 0.25) is 10.0 Å². The highest BCUT2D eigenvalue weighted by atomic mass is 35.5. The Labute approximate surface area is 127 Å². The maximum Gasteiger partial charge on any atom is 0.212 e. The predicted octanol–water partition coefficient (Wildman–Crippen LogP) is 1.84. The largest absolute Gasteiger partial charge is 0.329 e. The van der Waals surface area contributed by atoms with E-state index in [0.29, 0.717) is 13.0 Å². The zero-order chi connectivity index (χ0) is 13.8. The summed E-state index contributed by atoms with van der Waals surface area (Å²) in [5, 5.41) is 0. The van der Waals surface area contributed by atoms with Crippen LogP contribution in [-0.4, -0.2) is 26.3 Å². The molecule has 114 valence electrons. The molecule has 20 heavy (non-hydrogen) atoms. The van der Waals surface area contributed by atoms with Crippen LogP contribution in [0.4, 0.5) is 0 Å². The van der Waals surface area contributed by atoms with E-state index < -0.39 is 15.6 Å². The molecule has 2 rings (SSSR count). The number of rotatable bonds is 6. The van der Waals surface area contributed by atoms with E-state index in [1.54, 1.807) is 0 Å². The number of hydrogen-bond acceptors (Lipinski definition) is 3. The van der Waals surface area contributed by atoms with Crippen LogP contribution in [0.1, 0.15) is 31.2 Å². The highest BCUT2D eigenvalue weighted by Gasteiger charge is 2.35. The van der Waals surface area contributed by atoms with Crippen molar-refractivity contribution in [3.05, 3.63) is 35.9 Å². The van der Waals surface area contributed by atoms with Crippen molar-refractivity contribution < 1.29 is 8.42 Å². The third-order valence-electron chi connectivity index (χ3n) is 3.83. The Morgan fingerprint density at radius 2 is 1.75 bits per heavy atom. The summed E-state index contributed by atoms with van der Waals surface area (Å²) in [6.07, 6.45) is 4.36. The van der Waals surface area contributed by atoms with Gasteiger partial charge in [0.1, 0.15) is 0 Å². The molecule has 1 aromatic rings. The fourth-order valence-electron chi connectivity index (χ4n) is 2.68. The summed E-state index contributed by atoms with van der Waals surface area (Å²) < 4.78 is 27.2. The molecule has 0 aromatic heterocycles. The average molecular weight is 319 g/mol. The van der Waals surface area contributed by atoms with Gasteiger partial charge < -0.3 is 5.73 Å². The van der Waals surface area contributed by atoms with Gasteiger partial charge in [0.05, 0.1) is 5.75 Å². The smallest absolute Gasteiger partial charge is 0.212 e. The Morgan fingerprint density at radius 3 is 2.30 bits per heavy atom. The van der Waals surface area contributed by atoms with Crippen molar-refractivity contribution in [2.24, 2.45) is 5.73 Å². The van der Waals surface area contributed by atoms with Crippen LogP contribution in [0.25, 0.3) is 0 Å². The number of nitrogens with one attached hydrogen (secondary N) is 1. The topological polar surface area (TPSA) is 72.2 Å². The van der Waals surface area contributed by atoms with Crippen molar-refractivity contribution in [2.75, 3.05) is 12.3 Å². The molecule has 4 nitrogen and oxygen atoms in total. The molecule has 6 heteroatoms. The molecule has 1 aliphatic rings. The van der Waals surface area contributed by atoms with E-state index in [-0.39, 0.29) is 18.2 Å². The van der Waals surface area contributed by atoms with Gasteiger partial charge in [-0.25, -0.2) is 13.1 Å². The van der Waals surface area contributed by atoms with Gasteiger partial charge in [-0.3, -0.25) is 0 Å². The van der Waals surface area contributed by atoms with Gasteiger partial charge in [0.15, 0.2) is 0 Å². The van der Waals surface area contributed by atoms with Crippen molar-refractivity contribution >= 4 is 22.4 Å². The number of nitrogens with two attached hydrogens (primary N) is 1. The summed E-state index contributed by atoms with van der Waals surface area (Å²) >= 11 is 0. The van der Waals surface area contributed by atoms with Gasteiger partial charge in [-0.15, -0.1) is 12.4 Å². The van der Waals surface area contributed by atoms with E-state index in [0.717, 1.165) is 31.2 Å². The Bertz CT molecular complexity index is 499. The molecule has 0 amide bonds. The SMILES string of the molecule is Cl.NCC1(NS(=O)(=O)CCc2ccccc2)CCCC1. The van der Waals surface area contributed by atoms with Crippen LogP contribution in [0.5, 0.6) is 0 Å². The zero-order valence-corrected chi connectivity index (χ0v) is 13.2. The fourth-order valence-corrected chi connectivity index (χ4v) is 4.23. The third-order valence-corrected chi connectivity index (χ3v) is 5.31. The summed E-state index contributed by atoms with van der Waals surface area (Å²) in [5.41, 5.74) is 6.41. The van der Waals surface area contributed by atoms with Crippen molar-refractivity contribution in [1.82, 2.24) is 4.72 Å². The first-order valence-electron chi connectivity index (χ1n) is 6.81. The van der Waals surface area contributed by atoms with Crippen LogP contribution < -0.4 is 10.5 Å². The van der Waals surface area contributed by atoms with Crippen LogP contribution in [0.2, 0.25) is 0 Å². The minimum Gasteiger partial charge on any atom is -0.329 e. The quantitative estimate of drug-likeness (QED) is 0.840. The first kappa shape index (κ1) is 17.4. The summed E-state index contributed by atoms with van der Waals surface area (Å²) in [4.78, 5) is 0. The van der Waals surface area contributed by atoms with E-state index >= 15 is 0 Å². The van der Waals surface area contributed by atoms with Crippen LogP contribution in [0, 0.1) is 0 Å². The van der Waals surface area contributed by atoms with E-state index in [4.69, 9.17) is 5.73 Å². The lowest BCUT2D eigenvalue weighted by atomic mass is 10.0. The highest BCUT2D eigenvalue weighted by Crippen LogP contribution is 2.29. The summed E-state index contributed by atoms with van der Waals surface area (Å²) in [7, 11) is -3.26. The number of benzene rings is 1. The Balaban J connectivity index is 0.00000200. The maximum atomic E-state index is 12.2. The highest BCUT2D eigenvalue weighted by molar-refractivity contribution is 7.89. The molecular formula is C14H23ClN2O2S. The van der Waals surface area contributed by atoms with Crippen LogP contribution in [0.15, 0.2) is 30.3 Å². The molecule has 0 atom stereocenters. The fraction of sp³-hybridized carbons (Fsp3) is 0.571. The molecule has 0 aliphatic heterocycles. The number of halogens is 1. The molecule has 1 fully saturated rings. The van der Waals surface area contributed by atoms with Crippen molar-refractivity contribution in [2.45, 2.75) is 37.6 Å². The molecule has 0 saturated heterocycles. The van der Waals surface area contributed by atoms with E-state index in [9.17, 15) is 8.42 Å². The lowest BCUT2D eigenvalue weighted by Gasteiger charge is -2.28. The molecule has 3 N–H and O–H groups in total. The van der Waals surface area contributed by atoms with Gasteiger partial charge in [-0.05, 0) is 24.8 Å². The van der Waals surface area contributed by atoms with Crippen LogP contribution >= 0.6 is 12.4 Å². The summed E-state index contributed by atoms with van der Waals surface area (Å²) in [6.45, 7) is 0.386. The third kappa shape index (κ3) is 4.74. The monoisotopic (exact) mass is 318 g/mol. The van der Waals surface area contributed by atoms with Gasteiger partial charge in [0.25, 0.3) is 0 Å². The molecule has 0 spiro atoms. The van der Waals surface area contributed by atoms with Crippen LogP contribution in [0.3, 0.4) is 0 Å². The van der Waals surface area contributed by atoms with Crippen molar-refractivity contribution in [3.8, 4) is 0 Å². The van der Waals surface area contributed by atoms with Gasteiger partial charge >= 0.3 is 0 Å². The normalized spacial score (nSPS) is 17.6. The molecule has 0 radical (unpaired) electrons. The van der Waals surface area contributed by atoms with E-state index in [1.807, 2.05) is 30.3 Å². The van der Waals surface area contributed by atoms with Crippen molar-refractivity contribution in [1.29, 1.82) is 0 Å².